The van der Waals surface area contributed by atoms with E-state index < -0.39 is 0 Å². The number of likely N-dealkylation sites (tertiary alicyclic amines) is 1. The van der Waals surface area contributed by atoms with Crippen molar-refractivity contribution in [2.24, 2.45) is 0 Å². The summed E-state index contributed by atoms with van der Waals surface area (Å²) in [4.78, 5) is 2.48. The Morgan fingerprint density at radius 1 is 1.22 bits per heavy atom. The van der Waals surface area contributed by atoms with Gasteiger partial charge in [0.05, 0.1) is 7.11 Å². The van der Waals surface area contributed by atoms with Crippen LogP contribution in [0.4, 0.5) is 4.39 Å². The molecule has 0 saturated carbocycles. The van der Waals surface area contributed by atoms with Crippen molar-refractivity contribution in [2.45, 2.75) is 39.3 Å². The lowest BCUT2D eigenvalue weighted by Crippen LogP contribution is -2.58. The van der Waals surface area contributed by atoms with Gasteiger partial charge in [-0.15, -0.1) is 0 Å². The average Bonchev–Trinajstić information content (AvgIpc) is 2.60. The molecule has 0 radical (unpaired) electrons. The lowest BCUT2D eigenvalue weighted by Gasteiger charge is -2.44. The van der Waals surface area contributed by atoms with Crippen LogP contribution in [0.25, 0.3) is 0 Å². The van der Waals surface area contributed by atoms with E-state index in [9.17, 15) is 4.39 Å². The maximum absolute atomic E-state index is 13.1. The van der Waals surface area contributed by atoms with Crippen LogP contribution >= 0.6 is 11.6 Å². The molecule has 0 aliphatic carbocycles. The van der Waals surface area contributed by atoms with Gasteiger partial charge in [-0.1, -0.05) is 23.7 Å². The summed E-state index contributed by atoms with van der Waals surface area (Å²) in [6.45, 7) is 9.46. The van der Waals surface area contributed by atoms with Crippen LogP contribution in [0, 0.1) is 19.7 Å². The quantitative estimate of drug-likeness (QED) is 0.742. The van der Waals surface area contributed by atoms with E-state index >= 15 is 0 Å². The summed E-state index contributed by atoms with van der Waals surface area (Å²) in [5.74, 6) is 0.662. The molecule has 1 N–H and O–H groups in total. The Balaban J connectivity index is 1.48. The number of hydrogen-bond donors (Lipinski definition) is 1. The highest BCUT2D eigenvalue weighted by Crippen LogP contribution is 2.32. The normalized spacial score (nSPS) is 16.2. The first-order valence-corrected chi connectivity index (χ1v) is 9.84. The Bertz CT molecular complexity index is 805. The predicted molar refractivity (Wildman–Crippen MR) is 109 cm³/mol. The Morgan fingerprint density at radius 2 is 1.96 bits per heavy atom. The summed E-state index contributed by atoms with van der Waals surface area (Å²) in [6, 6.07) is 9.74. The van der Waals surface area contributed by atoms with Crippen LogP contribution in [-0.2, 0) is 6.42 Å². The summed E-state index contributed by atoms with van der Waals surface area (Å²) < 4.78 is 18.5. The van der Waals surface area contributed by atoms with Crippen LogP contribution < -0.4 is 10.1 Å². The van der Waals surface area contributed by atoms with Crippen molar-refractivity contribution < 1.29 is 9.13 Å². The predicted octanol–water partition coefficient (Wildman–Crippen LogP) is 4.68. The molecule has 0 aromatic heterocycles. The molecule has 1 heterocycles. The number of hydrogen-bond acceptors (Lipinski definition) is 3. The SMILES string of the molecule is COc1ccc(C(C)N2CC(NCCc3ccc(F)cc3Cl)C2)c(C)c1C. The van der Waals surface area contributed by atoms with Crippen LogP contribution in [0.1, 0.15) is 35.2 Å². The van der Waals surface area contributed by atoms with Crippen LogP contribution in [0.5, 0.6) is 5.75 Å². The lowest BCUT2D eigenvalue weighted by atomic mass is 9.94. The topological polar surface area (TPSA) is 24.5 Å². The molecule has 1 saturated heterocycles. The number of benzene rings is 2. The first-order valence-electron chi connectivity index (χ1n) is 9.46. The molecule has 27 heavy (non-hydrogen) atoms. The van der Waals surface area contributed by atoms with E-state index in [2.05, 4.69) is 43.1 Å². The fourth-order valence-corrected chi connectivity index (χ4v) is 4.04. The Morgan fingerprint density at radius 3 is 2.63 bits per heavy atom. The summed E-state index contributed by atoms with van der Waals surface area (Å²) >= 11 is 6.09. The minimum Gasteiger partial charge on any atom is -0.496 e. The average molecular weight is 391 g/mol. The van der Waals surface area contributed by atoms with Gasteiger partial charge in [0.2, 0.25) is 0 Å². The molecular weight excluding hydrogens is 363 g/mol. The minimum atomic E-state index is -0.288. The molecule has 1 atom stereocenters. The Hall–Kier alpha value is -1.62. The van der Waals surface area contributed by atoms with Gasteiger partial charge in [0.1, 0.15) is 11.6 Å². The van der Waals surface area contributed by atoms with Crippen LogP contribution in [0.2, 0.25) is 5.02 Å². The van der Waals surface area contributed by atoms with Gasteiger partial charge in [-0.25, -0.2) is 4.39 Å². The summed E-state index contributed by atoms with van der Waals surface area (Å²) in [5, 5.41) is 4.08. The minimum absolute atomic E-state index is 0.288. The molecule has 5 heteroatoms. The molecule has 1 fully saturated rings. The summed E-state index contributed by atoms with van der Waals surface area (Å²) in [5.41, 5.74) is 4.88. The number of nitrogens with zero attached hydrogens (tertiary/aromatic N) is 1. The number of ether oxygens (including phenoxy) is 1. The third-order valence-electron chi connectivity index (χ3n) is 5.75. The van der Waals surface area contributed by atoms with Gasteiger partial charge >= 0.3 is 0 Å². The highest BCUT2D eigenvalue weighted by atomic mass is 35.5. The van der Waals surface area contributed by atoms with Crippen LogP contribution in [-0.4, -0.2) is 37.7 Å². The number of methoxy groups -OCH3 is 1. The van der Waals surface area contributed by atoms with E-state index in [0.717, 1.165) is 37.4 Å². The Kier molecular flexibility index (Phi) is 6.40. The van der Waals surface area contributed by atoms with Crippen molar-refractivity contribution in [1.29, 1.82) is 0 Å². The second kappa shape index (κ2) is 8.59. The summed E-state index contributed by atoms with van der Waals surface area (Å²) in [7, 11) is 1.72. The molecule has 2 aromatic rings. The zero-order valence-electron chi connectivity index (χ0n) is 16.5. The standard InChI is InChI=1S/C22H28ClFN2O/c1-14-15(2)22(27-4)8-7-20(14)16(3)26-12-19(13-26)25-10-9-17-5-6-18(24)11-21(17)23/h5-8,11,16,19,25H,9-10,12-13H2,1-4H3. The van der Waals surface area contributed by atoms with Gasteiger partial charge in [0.25, 0.3) is 0 Å². The number of nitrogens with one attached hydrogen (secondary N) is 1. The Labute approximate surface area is 166 Å². The lowest BCUT2D eigenvalue weighted by molar-refractivity contribution is 0.0838. The van der Waals surface area contributed by atoms with E-state index in [1.165, 1.54) is 28.8 Å². The smallest absolute Gasteiger partial charge is 0.124 e. The first kappa shape index (κ1) is 20.1. The van der Waals surface area contributed by atoms with E-state index in [0.29, 0.717) is 17.1 Å². The van der Waals surface area contributed by atoms with Crippen molar-refractivity contribution in [1.82, 2.24) is 10.2 Å². The van der Waals surface area contributed by atoms with Crippen LogP contribution in [0.3, 0.4) is 0 Å². The third kappa shape index (κ3) is 4.45. The second-order valence-corrected chi connectivity index (χ2v) is 7.78. The molecule has 0 spiro atoms. The third-order valence-corrected chi connectivity index (χ3v) is 6.10. The van der Waals surface area contributed by atoms with Crippen LogP contribution in [0.15, 0.2) is 30.3 Å². The van der Waals surface area contributed by atoms with Gasteiger partial charge in [-0.3, -0.25) is 4.90 Å². The van der Waals surface area contributed by atoms with Crippen molar-refractivity contribution >= 4 is 11.6 Å². The maximum Gasteiger partial charge on any atom is 0.124 e. The molecule has 3 rings (SSSR count). The molecule has 0 amide bonds. The highest BCUT2D eigenvalue weighted by Gasteiger charge is 2.31. The summed E-state index contributed by atoms with van der Waals surface area (Å²) in [6.07, 6.45) is 0.807. The van der Waals surface area contributed by atoms with Gasteiger partial charge in [0.15, 0.2) is 0 Å². The van der Waals surface area contributed by atoms with Gasteiger partial charge in [-0.05, 0) is 74.2 Å². The highest BCUT2D eigenvalue weighted by molar-refractivity contribution is 6.31. The van der Waals surface area contributed by atoms with Gasteiger partial charge < -0.3 is 10.1 Å². The molecular formula is C22H28ClFN2O. The molecule has 3 nitrogen and oxygen atoms in total. The van der Waals surface area contributed by atoms with Crippen molar-refractivity contribution in [3.63, 3.8) is 0 Å². The number of rotatable bonds is 7. The molecule has 146 valence electrons. The largest absolute Gasteiger partial charge is 0.496 e. The fourth-order valence-electron chi connectivity index (χ4n) is 3.78. The zero-order chi connectivity index (χ0) is 19.6. The molecule has 2 aromatic carbocycles. The molecule has 1 aliphatic rings. The molecule has 0 bridgehead atoms. The van der Waals surface area contributed by atoms with E-state index in [-0.39, 0.29) is 5.82 Å². The monoisotopic (exact) mass is 390 g/mol. The van der Waals surface area contributed by atoms with Crippen molar-refractivity contribution in [2.75, 3.05) is 26.7 Å². The maximum atomic E-state index is 13.1. The second-order valence-electron chi connectivity index (χ2n) is 7.37. The van der Waals surface area contributed by atoms with Crippen molar-refractivity contribution in [3.8, 4) is 5.75 Å². The van der Waals surface area contributed by atoms with Gasteiger partial charge in [-0.2, -0.15) is 0 Å². The van der Waals surface area contributed by atoms with E-state index in [1.807, 2.05) is 0 Å². The van der Waals surface area contributed by atoms with E-state index in [1.54, 1.807) is 13.2 Å². The first-order chi connectivity index (χ1) is 12.9. The van der Waals surface area contributed by atoms with Crippen molar-refractivity contribution in [3.05, 3.63) is 63.4 Å². The fraction of sp³-hybridized carbons (Fsp3) is 0.455. The van der Waals surface area contributed by atoms with Gasteiger partial charge in [0, 0.05) is 30.2 Å². The van der Waals surface area contributed by atoms with E-state index in [4.69, 9.17) is 16.3 Å². The molecule has 1 unspecified atom stereocenters. The zero-order valence-corrected chi connectivity index (χ0v) is 17.2. The molecule has 1 aliphatic heterocycles. The number of halogens is 2.